The topological polar surface area (TPSA) is 54.0 Å². The summed E-state index contributed by atoms with van der Waals surface area (Å²) in [5.41, 5.74) is 0. The Kier molecular flexibility index (Phi) is 6.38. The first-order valence-corrected chi connectivity index (χ1v) is 6.92. The minimum Gasteiger partial charge on any atom is -0.456 e. The Balaban J connectivity index is 0.00000200. The molecule has 0 aromatic carbocycles. The predicted octanol–water partition coefficient (Wildman–Crippen LogP) is 0.701. The van der Waals surface area contributed by atoms with Gasteiger partial charge in [0.2, 0.25) is 0 Å². The smallest absolute Gasteiger partial charge is 0.330 e. The van der Waals surface area contributed by atoms with Crippen LogP contribution in [-0.4, -0.2) is 47.8 Å². The molecule has 0 radical (unpaired) electrons. The van der Waals surface area contributed by atoms with Gasteiger partial charge in [0.25, 0.3) is 0 Å². The Morgan fingerprint density at radius 3 is 2.90 bits per heavy atom. The summed E-state index contributed by atoms with van der Waals surface area (Å²) in [7, 11) is 0. The van der Waals surface area contributed by atoms with Crippen LogP contribution in [0.5, 0.6) is 0 Å². The molecule has 2 aliphatic heterocycles. The summed E-state index contributed by atoms with van der Waals surface area (Å²) >= 11 is 0. The van der Waals surface area contributed by atoms with Crippen LogP contribution in [0.3, 0.4) is 0 Å². The van der Waals surface area contributed by atoms with Gasteiger partial charge >= 0.3 is 5.97 Å². The molecule has 2 bridgehead atoms. The first kappa shape index (κ1) is 17.4. The van der Waals surface area contributed by atoms with Crippen LogP contribution in [0, 0.1) is 0 Å². The lowest BCUT2D eigenvalue weighted by atomic mass is 10.0. The zero-order valence-electron chi connectivity index (χ0n) is 11.6. The van der Waals surface area contributed by atoms with Crippen molar-refractivity contribution in [1.29, 1.82) is 0 Å². The summed E-state index contributed by atoms with van der Waals surface area (Å²) in [6, 6.07) is 0. The van der Waals surface area contributed by atoms with Crippen molar-refractivity contribution in [3.05, 3.63) is 12.7 Å². The highest BCUT2D eigenvalue weighted by atomic mass is 28.1. The number of carbonyl (C=O) groups excluding carboxylic acids is 1. The highest BCUT2D eigenvalue weighted by Crippen LogP contribution is 2.37. The van der Waals surface area contributed by atoms with E-state index in [-0.39, 0.29) is 29.5 Å². The van der Waals surface area contributed by atoms with Gasteiger partial charge in [-0.15, -0.1) is 0 Å². The Labute approximate surface area is 124 Å². The summed E-state index contributed by atoms with van der Waals surface area (Å²) in [4.78, 5) is 11.3. The Morgan fingerprint density at radius 1 is 1.55 bits per heavy atom. The molecular weight excluding hydrogens is 276 g/mol. The van der Waals surface area contributed by atoms with E-state index < -0.39 is 11.8 Å². The van der Waals surface area contributed by atoms with Crippen molar-refractivity contribution in [2.24, 2.45) is 0 Å². The fourth-order valence-electron chi connectivity index (χ4n) is 2.61. The fraction of sp³-hybridized carbons (Fsp3) is 0.786. The number of carbonyl (C=O) groups is 1. The lowest BCUT2D eigenvalue weighted by Crippen LogP contribution is -2.36. The zero-order chi connectivity index (χ0) is 13.9. The number of fused-ring (bicyclic) bond motifs is 2. The maximum atomic E-state index is 11.3. The fourth-order valence-corrected chi connectivity index (χ4v) is 2.61. The van der Waals surface area contributed by atoms with Gasteiger partial charge in [-0.1, -0.05) is 20.4 Å². The molecule has 2 rings (SSSR count). The van der Waals surface area contributed by atoms with E-state index in [1.165, 1.54) is 6.08 Å². The van der Waals surface area contributed by atoms with Crippen molar-refractivity contribution in [2.75, 3.05) is 6.61 Å². The lowest BCUT2D eigenvalue weighted by molar-refractivity contribution is -0.210. The van der Waals surface area contributed by atoms with Crippen molar-refractivity contribution in [2.45, 2.75) is 63.8 Å². The molecule has 0 aromatic heterocycles. The molecule has 0 amide bonds. The summed E-state index contributed by atoms with van der Waals surface area (Å²) < 4.78 is 22.7. The van der Waals surface area contributed by atoms with E-state index in [1.54, 1.807) is 0 Å². The SMILES string of the molecule is C=CC(=O)OC(CC)C1CCC2(CC)OCC(O1)O2.[SiH4]. The normalized spacial score (nSPS) is 33.7. The zero-order valence-corrected chi connectivity index (χ0v) is 11.6. The minimum atomic E-state index is -0.514. The lowest BCUT2D eigenvalue weighted by Gasteiger charge is -2.28. The molecule has 4 unspecified atom stereocenters. The number of esters is 1. The van der Waals surface area contributed by atoms with Crippen LogP contribution in [0.4, 0.5) is 0 Å². The van der Waals surface area contributed by atoms with E-state index >= 15 is 0 Å². The Hall–Kier alpha value is -0.693. The largest absolute Gasteiger partial charge is 0.456 e. The number of hydrogen-bond donors (Lipinski definition) is 0. The van der Waals surface area contributed by atoms with Crippen molar-refractivity contribution in [3.8, 4) is 0 Å². The quantitative estimate of drug-likeness (QED) is 0.425. The maximum Gasteiger partial charge on any atom is 0.330 e. The second-order valence-electron chi connectivity index (χ2n) is 4.92. The molecule has 4 atom stereocenters. The van der Waals surface area contributed by atoms with Crippen molar-refractivity contribution in [1.82, 2.24) is 0 Å². The minimum absolute atomic E-state index is 0. The van der Waals surface area contributed by atoms with Crippen LogP contribution in [-0.2, 0) is 23.7 Å². The van der Waals surface area contributed by atoms with Crippen LogP contribution < -0.4 is 0 Å². The van der Waals surface area contributed by atoms with Gasteiger partial charge in [-0.25, -0.2) is 4.79 Å². The van der Waals surface area contributed by atoms with Gasteiger partial charge < -0.3 is 18.9 Å². The van der Waals surface area contributed by atoms with Crippen LogP contribution in [0.2, 0.25) is 0 Å². The average Bonchev–Trinajstić information content (AvgIpc) is 2.73. The first-order valence-electron chi connectivity index (χ1n) is 6.92. The van der Waals surface area contributed by atoms with Gasteiger partial charge in [0, 0.05) is 12.5 Å². The molecule has 0 aliphatic carbocycles. The Morgan fingerprint density at radius 2 is 2.30 bits per heavy atom. The monoisotopic (exact) mass is 302 g/mol. The van der Waals surface area contributed by atoms with Crippen molar-refractivity contribution < 1.29 is 23.7 Å². The first-order chi connectivity index (χ1) is 9.12. The maximum absolute atomic E-state index is 11.3. The second kappa shape index (κ2) is 7.35. The van der Waals surface area contributed by atoms with E-state index in [0.717, 1.165) is 19.3 Å². The predicted molar refractivity (Wildman–Crippen MR) is 79.7 cm³/mol. The van der Waals surface area contributed by atoms with E-state index in [2.05, 4.69) is 6.58 Å². The molecule has 2 saturated heterocycles. The highest BCUT2D eigenvalue weighted by molar-refractivity contribution is 5.81. The van der Waals surface area contributed by atoms with Gasteiger partial charge in [-0.05, 0) is 30.2 Å². The molecule has 5 nitrogen and oxygen atoms in total. The van der Waals surface area contributed by atoms with Gasteiger partial charge in [0.05, 0.1) is 6.10 Å². The van der Waals surface area contributed by atoms with E-state index in [0.29, 0.717) is 13.0 Å². The summed E-state index contributed by atoms with van der Waals surface area (Å²) in [6.45, 7) is 7.87. The molecule has 2 fully saturated rings. The van der Waals surface area contributed by atoms with Gasteiger partial charge in [0.15, 0.2) is 12.1 Å². The molecule has 20 heavy (non-hydrogen) atoms. The van der Waals surface area contributed by atoms with Crippen LogP contribution in [0.1, 0.15) is 39.5 Å². The molecule has 0 saturated carbocycles. The number of hydrogen-bond acceptors (Lipinski definition) is 5. The molecule has 116 valence electrons. The van der Waals surface area contributed by atoms with Gasteiger partial charge in [-0.2, -0.15) is 0 Å². The summed E-state index contributed by atoms with van der Waals surface area (Å²) in [5, 5.41) is 0. The summed E-state index contributed by atoms with van der Waals surface area (Å²) in [6.07, 6.45) is 3.43. The third-order valence-electron chi connectivity index (χ3n) is 3.75. The van der Waals surface area contributed by atoms with Crippen LogP contribution in [0.25, 0.3) is 0 Å². The summed E-state index contributed by atoms with van der Waals surface area (Å²) in [5.74, 6) is -0.924. The van der Waals surface area contributed by atoms with E-state index in [4.69, 9.17) is 18.9 Å². The molecule has 0 N–H and O–H groups in total. The van der Waals surface area contributed by atoms with Gasteiger partial charge in [0.1, 0.15) is 12.7 Å². The average molecular weight is 302 g/mol. The number of rotatable bonds is 5. The van der Waals surface area contributed by atoms with E-state index in [1.807, 2.05) is 13.8 Å². The molecular formula is C14H26O5Si. The standard InChI is InChI=1S/C14H22O5.H4Si/c1-4-10(17-12(15)5-2)11-7-8-14(6-3)16-9-13(18-11)19-14;/h5,10-11,13H,2,4,6-9H2,1,3H3;1H4. The second-order valence-corrected chi connectivity index (χ2v) is 4.92. The molecule has 2 aliphatic rings. The third-order valence-corrected chi connectivity index (χ3v) is 3.75. The van der Waals surface area contributed by atoms with Crippen molar-refractivity contribution in [3.63, 3.8) is 0 Å². The van der Waals surface area contributed by atoms with Crippen LogP contribution >= 0.6 is 0 Å². The Bertz CT molecular complexity index is 348. The molecule has 0 spiro atoms. The number of ether oxygens (including phenoxy) is 4. The molecule has 2 heterocycles. The highest BCUT2D eigenvalue weighted by Gasteiger charge is 2.46. The van der Waals surface area contributed by atoms with Gasteiger partial charge in [-0.3, -0.25) is 0 Å². The van der Waals surface area contributed by atoms with E-state index in [9.17, 15) is 4.79 Å². The molecule has 0 aromatic rings. The molecule has 6 heteroatoms. The van der Waals surface area contributed by atoms with Crippen LogP contribution in [0.15, 0.2) is 12.7 Å². The third kappa shape index (κ3) is 3.69. The van der Waals surface area contributed by atoms with Crippen molar-refractivity contribution >= 4 is 16.9 Å².